The molecule has 4 rings (SSSR count). The minimum Gasteiger partial charge on any atom is -0.392 e. The quantitative estimate of drug-likeness (QED) is 0.577. The molecule has 2 aliphatic carbocycles. The summed E-state index contributed by atoms with van der Waals surface area (Å²) in [7, 11) is 0. The van der Waals surface area contributed by atoms with Crippen LogP contribution in [0.3, 0.4) is 0 Å². The first kappa shape index (κ1) is 24.2. The summed E-state index contributed by atoms with van der Waals surface area (Å²) in [4.78, 5) is 21.3. The second-order valence-electron chi connectivity index (χ2n) is 10.3. The van der Waals surface area contributed by atoms with Gasteiger partial charge in [-0.15, -0.1) is 11.3 Å². The molecular formula is C27H39N3O2S. The van der Waals surface area contributed by atoms with Crippen molar-refractivity contribution >= 4 is 22.4 Å². The Morgan fingerprint density at radius 2 is 2.00 bits per heavy atom. The number of aliphatic hydroxyl groups excluding tert-OH is 1. The standard InChI is InChI=1S/C27H39N3O2S/c1-6-30(7-2)25(32)17(3)20-13-14-27(5)15-21-23(18(4)22(27)24(20)31)29-26(33-21)28-16-19-11-9-8-10-12-19/h8-12,17-18,20,22,24,31H,6-7,13-16H2,1-5H3,(H,28,29)/t17-,18-,20-,22+,24-,27+/m0/s1. The van der Waals surface area contributed by atoms with Gasteiger partial charge in [-0.1, -0.05) is 51.1 Å². The van der Waals surface area contributed by atoms with Crippen molar-refractivity contribution in [2.24, 2.45) is 23.2 Å². The van der Waals surface area contributed by atoms with Crippen molar-refractivity contribution in [1.82, 2.24) is 9.88 Å². The number of thiazole rings is 1. The highest BCUT2D eigenvalue weighted by Crippen LogP contribution is 2.57. The Kier molecular flexibility index (Phi) is 7.15. The summed E-state index contributed by atoms with van der Waals surface area (Å²) in [6.45, 7) is 12.8. The van der Waals surface area contributed by atoms with E-state index in [1.807, 2.05) is 31.7 Å². The summed E-state index contributed by atoms with van der Waals surface area (Å²) >= 11 is 1.77. The van der Waals surface area contributed by atoms with Crippen LogP contribution < -0.4 is 5.32 Å². The topological polar surface area (TPSA) is 65.5 Å². The monoisotopic (exact) mass is 469 g/mol. The van der Waals surface area contributed by atoms with Crippen LogP contribution in [0.25, 0.3) is 0 Å². The second kappa shape index (κ2) is 9.75. The molecule has 180 valence electrons. The zero-order valence-corrected chi connectivity index (χ0v) is 21.5. The largest absolute Gasteiger partial charge is 0.392 e. The number of carbonyl (C=O) groups is 1. The number of benzene rings is 1. The fraction of sp³-hybridized carbons (Fsp3) is 0.630. The van der Waals surface area contributed by atoms with Crippen LogP contribution in [0, 0.1) is 23.2 Å². The van der Waals surface area contributed by atoms with E-state index in [9.17, 15) is 9.90 Å². The molecule has 1 saturated carbocycles. The molecule has 6 heteroatoms. The summed E-state index contributed by atoms with van der Waals surface area (Å²) < 4.78 is 0. The van der Waals surface area contributed by atoms with Gasteiger partial charge in [-0.25, -0.2) is 4.98 Å². The molecule has 5 nitrogen and oxygen atoms in total. The van der Waals surface area contributed by atoms with Gasteiger partial charge >= 0.3 is 0 Å². The lowest BCUT2D eigenvalue weighted by atomic mass is 9.53. The molecule has 6 atom stereocenters. The van der Waals surface area contributed by atoms with Crippen molar-refractivity contribution in [2.75, 3.05) is 18.4 Å². The maximum atomic E-state index is 13.1. The number of aromatic nitrogens is 1. The molecule has 1 amide bonds. The number of nitrogens with zero attached hydrogens (tertiary/aromatic N) is 2. The third-order valence-electron chi connectivity index (χ3n) is 8.32. The van der Waals surface area contributed by atoms with Crippen LogP contribution in [0.4, 0.5) is 5.13 Å². The van der Waals surface area contributed by atoms with Gasteiger partial charge in [-0.3, -0.25) is 4.79 Å². The normalized spacial score (nSPS) is 29.6. The minimum absolute atomic E-state index is 0.00878. The number of nitrogens with one attached hydrogen (secondary N) is 1. The van der Waals surface area contributed by atoms with Crippen molar-refractivity contribution in [2.45, 2.75) is 72.4 Å². The molecule has 1 aromatic carbocycles. The first-order valence-corrected chi connectivity index (χ1v) is 13.3. The number of hydrogen-bond acceptors (Lipinski definition) is 5. The van der Waals surface area contributed by atoms with Crippen LogP contribution in [-0.2, 0) is 17.8 Å². The Labute approximate surface area is 202 Å². The number of aliphatic hydroxyl groups is 1. The van der Waals surface area contributed by atoms with Crippen molar-refractivity contribution in [3.8, 4) is 0 Å². The minimum atomic E-state index is -0.483. The summed E-state index contributed by atoms with van der Waals surface area (Å²) in [5, 5.41) is 16.1. The molecule has 2 aromatic rings. The Morgan fingerprint density at radius 1 is 1.30 bits per heavy atom. The number of anilines is 1. The van der Waals surface area contributed by atoms with Gasteiger partial charge in [0.1, 0.15) is 0 Å². The zero-order valence-electron chi connectivity index (χ0n) is 20.7. The number of carbonyl (C=O) groups excluding carboxylic acids is 1. The van der Waals surface area contributed by atoms with Crippen LogP contribution in [0.15, 0.2) is 30.3 Å². The van der Waals surface area contributed by atoms with E-state index in [1.54, 1.807) is 11.3 Å². The first-order valence-electron chi connectivity index (χ1n) is 12.5. The highest BCUT2D eigenvalue weighted by molar-refractivity contribution is 7.15. The van der Waals surface area contributed by atoms with Gasteiger partial charge < -0.3 is 15.3 Å². The maximum Gasteiger partial charge on any atom is 0.225 e. The van der Waals surface area contributed by atoms with E-state index < -0.39 is 6.10 Å². The number of hydrogen-bond donors (Lipinski definition) is 2. The SMILES string of the molecule is CCN(CC)C(=O)[C@@H](C)[C@@H]1CC[C@]2(C)Cc3sc(NCc4ccccc4)nc3[C@@H](C)[C@@H]2[C@H]1O. The van der Waals surface area contributed by atoms with Crippen LogP contribution in [0.1, 0.15) is 69.5 Å². The lowest BCUT2D eigenvalue weighted by molar-refractivity contribution is -0.144. The van der Waals surface area contributed by atoms with Crippen LogP contribution in [0.5, 0.6) is 0 Å². The van der Waals surface area contributed by atoms with E-state index in [1.165, 1.54) is 10.4 Å². The summed E-state index contributed by atoms with van der Waals surface area (Å²) in [5.74, 6) is 0.333. The molecule has 1 fully saturated rings. The van der Waals surface area contributed by atoms with Gasteiger partial charge in [0.2, 0.25) is 5.91 Å². The fourth-order valence-corrected chi connectivity index (χ4v) is 7.66. The Balaban J connectivity index is 1.52. The Morgan fingerprint density at radius 3 is 2.67 bits per heavy atom. The molecule has 0 unspecified atom stereocenters. The number of fused-ring (bicyclic) bond motifs is 2. The average molecular weight is 470 g/mol. The second-order valence-corrected chi connectivity index (χ2v) is 11.4. The van der Waals surface area contributed by atoms with Gasteiger partial charge in [0.15, 0.2) is 5.13 Å². The van der Waals surface area contributed by atoms with Gasteiger partial charge in [-0.2, -0.15) is 0 Å². The molecule has 33 heavy (non-hydrogen) atoms. The smallest absolute Gasteiger partial charge is 0.225 e. The molecule has 1 aromatic heterocycles. The number of rotatable bonds is 7. The van der Waals surface area contributed by atoms with E-state index in [-0.39, 0.29) is 35.0 Å². The zero-order chi connectivity index (χ0) is 23.8. The molecule has 1 heterocycles. The summed E-state index contributed by atoms with van der Waals surface area (Å²) in [6, 6.07) is 10.4. The van der Waals surface area contributed by atoms with Gasteiger partial charge in [0.25, 0.3) is 0 Å². The molecule has 0 spiro atoms. The van der Waals surface area contributed by atoms with Crippen LogP contribution >= 0.6 is 11.3 Å². The van der Waals surface area contributed by atoms with Gasteiger partial charge in [0, 0.05) is 36.3 Å². The van der Waals surface area contributed by atoms with Gasteiger partial charge in [-0.05, 0) is 55.9 Å². The van der Waals surface area contributed by atoms with Crippen molar-refractivity contribution < 1.29 is 9.90 Å². The lowest BCUT2D eigenvalue weighted by Crippen LogP contribution is -2.53. The summed E-state index contributed by atoms with van der Waals surface area (Å²) in [6.07, 6.45) is 2.43. The van der Waals surface area contributed by atoms with Crippen molar-refractivity contribution in [3.63, 3.8) is 0 Å². The lowest BCUT2D eigenvalue weighted by Gasteiger charge is -2.53. The van der Waals surface area contributed by atoms with E-state index in [0.29, 0.717) is 0 Å². The predicted octanol–water partition coefficient (Wildman–Crippen LogP) is 5.31. The molecule has 0 bridgehead atoms. The highest BCUT2D eigenvalue weighted by Gasteiger charge is 2.54. The Hall–Kier alpha value is -1.92. The van der Waals surface area contributed by atoms with E-state index in [2.05, 4.69) is 43.4 Å². The van der Waals surface area contributed by atoms with Crippen molar-refractivity contribution in [3.05, 3.63) is 46.5 Å². The predicted molar refractivity (Wildman–Crippen MR) is 135 cm³/mol. The molecule has 0 saturated heterocycles. The fourth-order valence-electron chi connectivity index (χ4n) is 6.40. The number of amides is 1. The highest BCUT2D eigenvalue weighted by atomic mass is 32.1. The van der Waals surface area contributed by atoms with E-state index in [4.69, 9.17) is 4.98 Å². The van der Waals surface area contributed by atoms with Gasteiger partial charge in [0.05, 0.1) is 11.8 Å². The molecule has 2 aliphatic rings. The summed E-state index contributed by atoms with van der Waals surface area (Å²) in [5.41, 5.74) is 2.42. The average Bonchev–Trinajstić information content (AvgIpc) is 3.21. The third-order valence-corrected chi connectivity index (χ3v) is 9.34. The molecular weight excluding hydrogens is 430 g/mol. The van der Waals surface area contributed by atoms with Crippen LogP contribution in [-0.4, -0.2) is 40.1 Å². The maximum absolute atomic E-state index is 13.1. The molecule has 0 radical (unpaired) electrons. The molecule has 0 aliphatic heterocycles. The third kappa shape index (κ3) is 4.57. The molecule has 2 N–H and O–H groups in total. The van der Waals surface area contributed by atoms with E-state index in [0.717, 1.165) is 49.7 Å². The Bertz CT molecular complexity index is 958. The van der Waals surface area contributed by atoms with Crippen LogP contribution in [0.2, 0.25) is 0 Å². The van der Waals surface area contributed by atoms with E-state index >= 15 is 0 Å². The first-order chi connectivity index (χ1) is 15.8. The van der Waals surface area contributed by atoms with Crippen molar-refractivity contribution in [1.29, 1.82) is 0 Å².